The molecule has 0 aliphatic carbocycles. The number of rotatable bonds is 5. The molecule has 0 fully saturated rings. The summed E-state index contributed by atoms with van der Waals surface area (Å²) in [6.07, 6.45) is 2.04. The third-order valence-electron chi connectivity index (χ3n) is 5.79. The highest BCUT2D eigenvalue weighted by molar-refractivity contribution is 9.10. The number of carbonyl (C=O) groups is 1. The molecule has 5 heteroatoms. The molecule has 0 unspecified atom stereocenters. The minimum absolute atomic E-state index is 0.00196. The van der Waals surface area contributed by atoms with Crippen molar-refractivity contribution in [3.05, 3.63) is 106 Å². The molecule has 0 saturated heterocycles. The van der Waals surface area contributed by atoms with Crippen LogP contribution in [0.15, 0.2) is 87.9 Å². The van der Waals surface area contributed by atoms with Crippen molar-refractivity contribution < 1.29 is 9.21 Å². The number of benzene rings is 3. The topological polar surface area (TPSA) is 58.0 Å². The average molecular weight is 473 g/mol. The van der Waals surface area contributed by atoms with Gasteiger partial charge in [-0.25, -0.2) is 0 Å². The lowest BCUT2D eigenvalue weighted by molar-refractivity contribution is 0.0926. The Morgan fingerprint density at radius 1 is 1.00 bits per heavy atom. The molecule has 3 aromatic carbocycles. The van der Waals surface area contributed by atoms with Crippen molar-refractivity contribution in [2.24, 2.45) is 0 Å². The van der Waals surface area contributed by atoms with Crippen molar-refractivity contribution >= 4 is 43.7 Å². The minimum atomic E-state index is -0.198. The molecule has 5 rings (SSSR count). The largest absolute Gasteiger partial charge is 0.451 e. The van der Waals surface area contributed by atoms with Crippen LogP contribution in [0.1, 0.15) is 33.2 Å². The van der Waals surface area contributed by atoms with Gasteiger partial charge in [-0.15, -0.1) is 0 Å². The number of hydrogen-bond donors (Lipinski definition) is 2. The number of nitrogens with one attached hydrogen (secondary N) is 2. The molecule has 0 radical (unpaired) electrons. The van der Waals surface area contributed by atoms with Gasteiger partial charge in [0, 0.05) is 45.0 Å². The molecule has 0 aliphatic rings. The van der Waals surface area contributed by atoms with E-state index in [0.29, 0.717) is 12.3 Å². The SMILES string of the molecule is Cc1c(C(=O)NC[C@@H](c2ccc(Br)cc2)c2c[nH]c3ccccc23)oc2ccccc12. The molecule has 0 bridgehead atoms. The number of fused-ring (bicyclic) bond motifs is 2. The summed E-state index contributed by atoms with van der Waals surface area (Å²) >= 11 is 3.51. The fraction of sp³-hybridized carbons (Fsp3) is 0.115. The summed E-state index contributed by atoms with van der Waals surface area (Å²) in [5.41, 5.74) is 4.96. The predicted octanol–water partition coefficient (Wildman–Crippen LogP) is 6.55. The molecule has 5 aromatic rings. The standard InChI is InChI=1S/C26H21BrN2O2/c1-16-19-6-3-5-9-24(19)31-25(16)26(30)29-14-21(17-10-12-18(27)13-11-17)22-15-28-23-8-4-2-7-20(22)23/h2-13,15,21,28H,14H2,1H3,(H,29,30)/t21-/m0/s1. The first-order chi connectivity index (χ1) is 15.1. The number of amides is 1. The Hall–Kier alpha value is -3.31. The van der Waals surface area contributed by atoms with E-state index in [1.54, 1.807) is 0 Å². The van der Waals surface area contributed by atoms with E-state index in [1.807, 2.05) is 61.7 Å². The van der Waals surface area contributed by atoms with Crippen LogP contribution in [0, 0.1) is 6.92 Å². The molecule has 4 nitrogen and oxygen atoms in total. The molecule has 0 aliphatic heterocycles. The zero-order valence-corrected chi connectivity index (χ0v) is 18.6. The molecule has 31 heavy (non-hydrogen) atoms. The molecule has 0 saturated carbocycles. The molecule has 2 N–H and O–H groups in total. The van der Waals surface area contributed by atoms with Crippen LogP contribution in [0.2, 0.25) is 0 Å². The van der Waals surface area contributed by atoms with Crippen molar-refractivity contribution in [1.29, 1.82) is 0 Å². The van der Waals surface area contributed by atoms with Crippen molar-refractivity contribution in [2.45, 2.75) is 12.8 Å². The number of furan rings is 1. The number of aromatic nitrogens is 1. The van der Waals surface area contributed by atoms with E-state index in [0.717, 1.165) is 43.0 Å². The van der Waals surface area contributed by atoms with Gasteiger partial charge in [-0.05, 0) is 42.3 Å². The van der Waals surface area contributed by atoms with Gasteiger partial charge >= 0.3 is 0 Å². The highest BCUT2D eigenvalue weighted by Crippen LogP contribution is 2.31. The van der Waals surface area contributed by atoms with E-state index >= 15 is 0 Å². The molecule has 1 atom stereocenters. The zero-order chi connectivity index (χ0) is 21.4. The first-order valence-electron chi connectivity index (χ1n) is 10.2. The van der Waals surface area contributed by atoms with Gasteiger partial charge in [-0.3, -0.25) is 4.79 Å². The lowest BCUT2D eigenvalue weighted by Crippen LogP contribution is -2.29. The highest BCUT2D eigenvalue weighted by atomic mass is 79.9. The zero-order valence-electron chi connectivity index (χ0n) is 17.0. The van der Waals surface area contributed by atoms with Crippen LogP contribution in [0.25, 0.3) is 21.9 Å². The van der Waals surface area contributed by atoms with E-state index in [9.17, 15) is 4.79 Å². The average Bonchev–Trinajstić information content (AvgIpc) is 3.37. The summed E-state index contributed by atoms with van der Waals surface area (Å²) in [7, 11) is 0. The van der Waals surface area contributed by atoms with Gasteiger partial charge in [0.25, 0.3) is 5.91 Å². The summed E-state index contributed by atoms with van der Waals surface area (Å²) in [5, 5.41) is 5.23. The maximum atomic E-state index is 13.0. The summed E-state index contributed by atoms with van der Waals surface area (Å²) in [6.45, 7) is 2.38. The number of H-pyrrole nitrogens is 1. The number of para-hydroxylation sites is 2. The van der Waals surface area contributed by atoms with Crippen molar-refractivity contribution in [3.63, 3.8) is 0 Å². The van der Waals surface area contributed by atoms with Crippen LogP contribution in [0.5, 0.6) is 0 Å². The van der Waals surface area contributed by atoms with Gasteiger partial charge in [0.1, 0.15) is 5.58 Å². The Bertz CT molecular complexity index is 1380. The second kappa shape index (κ2) is 8.08. The lowest BCUT2D eigenvalue weighted by Gasteiger charge is -2.18. The Morgan fingerprint density at radius 2 is 1.71 bits per heavy atom. The predicted molar refractivity (Wildman–Crippen MR) is 128 cm³/mol. The normalized spacial score (nSPS) is 12.3. The van der Waals surface area contributed by atoms with Gasteiger partial charge in [0.05, 0.1) is 0 Å². The van der Waals surface area contributed by atoms with E-state index < -0.39 is 0 Å². The Kier molecular flexibility index (Phi) is 5.12. The number of carbonyl (C=O) groups excluding carboxylic acids is 1. The van der Waals surface area contributed by atoms with Gasteiger partial charge in [-0.2, -0.15) is 0 Å². The maximum absolute atomic E-state index is 13.0. The van der Waals surface area contributed by atoms with Gasteiger partial charge in [0.15, 0.2) is 5.76 Å². The van der Waals surface area contributed by atoms with Crippen molar-refractivity contribution in [2.75, 3.05) is 6.54 Å². The molecular formula is C26H21BrN2O2. The summed E-state index contributed by atoms with van der Waals surface area (Å²) < 4.78 is 6.87. The third kappa shape index (κ3) is 3.66. The van der Waals surface area contributed by atoms with E-state index in [4.69, 9.17) is 4.42 Å². The van der Waals surface area contributed by atoms with Crippen LogP contribution in [-0.4, -0.2) is 17.4 Å². The second-order valence-electron chi connectivity index (χ2n) is 7.66. The number of aromatic amines is 1. The lowest BCUT2D eigenvalue weighted by atomic mass is 9.91. The van der Waals surface area contributed by atoms with Crippen LogP contribution in [-0.2, 0) is 0 Å². The van der Waals surface area contributed by atoms with E-state index in [1.165, 1.54) is 0 Å². The van der Waals surface area contributed by atoms with Gasteiger partial charge in [-0.1, -0.05) is 64.5 Å². The molecule has 154 valence electrons. The van der Waals surface area contributed by atoms with Crippen LogP contribution in [0.3, 0.4) is 0 Å². The smallest absolute Gasteiger partial charge is 0.287 e. The second-order valence-corrected chi connectivity index (χ2v) is 8.57. The number of aryl methyl sites for hydroxylation is 1. The van der Waals surface area contributed by atoms with E-state index in [-0.39, 0.29) is 11.8 Å². The monoisotopic (exact) mass is 472 g/mol. The van der Waals surface area contributed by atoms with Crippen molar-refractivity contribution in [3.8, 4) is 0 Å². The quantitative estimate of drug-likeness (QED) is 0.304. The molecule has 2 aromatic heterocycles. The van der Waals surface area contributed by atoms with Gasteiger partial charge in [0.2, 0.25) is 0 Å². The van der Waals surface area contributed by atoms with Crippen LogP contribution in [0.4, 0.5) is 0 Å². The molecular weight excluding hydrogens is 452 g/mol. The van der Waals surface area contributed by atoms with Crippen LogP contribution < -0.4 is 5.32 Å². The Labute approximate surface area is 188 Å². The van der Waals surface area contributed by atoms with Gasteiger partial charge < -0.3 is 14.7 Å². The third-order valence-corrected chi connectivity index (χ3v) is 6.31. The molecule has 2 heterocycles. The highest BCUT2D eigenvalue weighted by Gasteiger charge is 2.22. The molecule has 0 spiro atoms. The summed E-state index contributed by atoms with van der Waals surface area (Å²) in [5.74, 6) is 0.170. The first-order valence-corrected chi connectivity index (χ1v) is 11.0. The summed E-state index contributed by atoms with van der Waals surface area (Å²) in [4.78, 5) is 16.4. The molecule has 1 amide bonds. The maximum Gasteiger partial charge on any atom is 0.287 e. The fourth-order valence-corrected chi connectivity index (χ4v) is 4.41. The summed E-state index contributed by atoms with van der Waals surface area (Å²) in [6, 6.07) is 24.2. The Morgan fingerprint density at radius 3 is 2.48 bits per heavy atom. The fourth-order valence-electron chi connectivity index (χ4n) is 4.15. The number of halogens is 1. The number of hydrogen-bond acceptors (Lipinski definition) is 2. The Balaban J connectivity index is 1.48. The van der Waals surface area contributed by atoms with Crippen molar-refractivity contribution in [1.82, 2.24) is 10.3 Å². The van der Waals surface area contributed by atoms with Crippen LogP contribution >= 0.6 is 15.9 Å². The minimum Gasteiger partial charge on any atom is -0.451 e. The van der Waals surface area contributed by atoms with E-state index in [2.05, 4.69) is 50.5 Å². The first kappa shape index (κ1) is 19.6.